The summed E-state index contributed by atoms with van der Waals surface area (Å²) in [4.78, 5) is 5.19. The van der Waals surface area contributed by atoms with Crippen LogP contribution in [-0.4, -0.2) is 59.9 Å². The summed E-state index contributed by atoms with van der Waals surface area (Å²) in [5.74, 6) is 0.525. The quantitative estimate of drug-likeness (QED) is 0.637. The smallest absolute Gasteiger partial charge is 0.191 e. The molecule has 1 aromatic rings. The summed E-state index contributed by atoms with van der Waals surface area (Å²) >= 11 is 5.38. The molecule has 4 aliphatic heterocycles. The van der Waals surface area contributed by atoms with Crippen LogP contribution in [0.15, 0.2) is 35.4 Å². The fraction of sp³-hybridized carbons (Fsp3) is 0.529. The van der Waals surface area contributed by atoms with Crippen LogP contribution in [0.5, 0.6) is 0 Å². The van der Waals surface area contributed by atoms with Gasteiger partial charge in [-0.3, -0.25) is 5.43 Å². The molecule has 4 aliphatic rings. The summed E-state index contributed by atoms with van der Waals surface area (Å²) in [6, 6.07) is 9.96. The summed E-state index contributed by atoms with van der Waals surface area (Å²) in [7, 11) is 0. The van der Waals surface area contributed by atoms with E-state index in [4.69, 9.17) is 17.3 Å². The number of nitrogens with one attached hydrogen (secondary N) is 2. The van der Waals surface area contributed by atoms with Crippen molar-refractivity contribution in [2.45, 2.75) is 6.92 Å². The number of rotatable bonds is 2. The lowest BCUT2D eigenvalue weighted by molar-refractivity contribution is 0.130. The Kier molecular flexibility index (Phi) is 3.83. The highest BCUT2D eigenvalue weighted by molar-refractivity contribution is 7.80. The number of anilines is 1. The molecule has 2 unspecified atom stereocenters. The van der Waals surface area contributed by atoms with E-state index in [1.54, 1.807) is 0 Å². The topological polar surface area (TPSA) is 42.9 Å². The first-order valence-electron chi connectivity index (χ1n) is 8.27. The maximum absolute atomic E-state index is 5.38. The highest BCUT2D eigenvalue weighted by Gasteiger charge is 2.49. The van der Waals surface area contributed by atoms with Crippen molar-refractivity contribution >= 4 is 28.7 Å². The van der Waals surface area contributed by atoms with Gasteiger partial charge in [0.2, 0.25) is 0 Å². The van der Waals surface area contributed by atoms with E-state index in [9.17, 15) is 0 Å². The Hall–Kier alpha value is -1.50. The molecule has 0 radical (unpaired) electrons. The van der Waals surface area contributed by atoms with Gasteiger partial charge in [-0.2, -0.15) is 5.10 Å². The van der Waals surface area contributed by atoms with E-state index in [2.05, 4.69) is 27.5 Å². The first-order valence-corrected chi connectivity index (χ1v) is 8.68. The minimum absolute atomic E-state index is 0.146. The van der Waals surface area contributed by atoms with Gasteiger partial charge in [0.05, 0.1) is 5.71 Å². The van der Waals surface area contributed by atoms with Gasteiger partial charge in [-0.25, -0.2) is 0 Å². The van der Waals surface area contributed by atoms with Gasteiger partial charge >= 0.3 is 0 Å². The fourth-order valence-corrected chi connectivity index (χ4v) is 4.48. The van der Waals surface area contributed by atoms with E-state index >= 15 is 0 Å². The number of para-hydroxylation sites is 1. The van der Waals surface area contributed by atoms with Gasteiger partial charge in [-0.1, -0.05) is 25.1 Å². The van der Waals surface area contributed by atoms with Gasteiger partial charge in [0, 0.05) is 56.3 Å². The van der Waals surface area contributed by atoms with E-state index in [0.717, 1.165) is 31.9 Å². The number of fused-ring (bicyclic) bond motifs is 1. The highest BCUT2D eigenvalue weighted by atomic mass is 32.1. The van der Waals surface area contributed by atoms with Gasteiger partial charge < -0.3 is 15.1 Å². The Balaban J connectivity index is 1.47. The Morgan fingerprint density at radius 3 is 2.43 bits per heavy atom. The van der Waals surface area contributed by atoms with Gasteiger partial charge in [-0.05, 0) is 24.4 Å². The number of nitrogens with zero attached hydrogens (tertiary/aromatic N) is 3. The molecule has 0 saturated carbocycles. The maximum Gasteiger partial charge on any atom is 0.191 e. The minimum atomic E-state index is 0.146. The van der Waals surface area contributed by atoms with Crippen molar-refractivity contribution in [1.82, 2.24) is 15.2 Å². The van der Waals surface area contributed by atoms with E-state index in [-0.39, 0.29) is 5.41 Å². The van der Waals surface area contributed by atoms with E-state index in [0.29, 0.717) is 11.0 Å². The van der Waals surface area contributed by atoms with Gasteiger partial charge in [0.1, 0.15) is 0 Å². The molecule has 0 spiro atoms. The van der Waals surface area contributed by atoms with Crippen LogP contribution in [-0.2, 0) is 0 Å². The standard InChI is InChI=1S/C17H23N5S/c1-17-11-21-7-8-22(12-17)10-13(9-21)15(17)19-20-16(23)18-14-5-3-2-4-6-14/h2-6,13H,7-12H2,1H3,(H2,18,20,23). The predicted molar refractivity (Wildman–Crippen MR) is 97.7 cm³/mol. The summed E-state index contributed by atoms with van der Waals surface area (Å²) in [5.41, 5.74) is 5.50. The summed E-state index contributed by atoms with van der Waals surface area (Å²) in [6.07, 6.45) is 0. The highest BCUT2D eigenvalue weighted by Crippen LogP contribution is 2.37. The summed E-state index contributed by atoms with van der Waals surface area (Å²) in [6.45, 7) is 9.22. The maximum atomic E-state index is 5.38. The lowest BCUT2D eigenvalue weighted by atomic mass is 9.72. The molecule has 4 bridgehead atoms. The third-order valence-electron chi connectivity index (χ3n) is 5.15. The Morgan fingerprint density at radius 2 is 1.83 bits per heavy atom. The minimum Gasteiger partial charge on any atom is -0.331 e. The van der Waals surface area contributed by atoms with Crippen LogP contribution < -0.4 is 10.7 Å². The molecule has 0 amide bonds. The Labute approximate surface area is 142 Å². The zero-order valence-electron chi connectivity index (χ0n) is 13.5. The van der Waals surface area contributed by atoms with Gasteiger partial charge in [0.15, 0.2) is 5.11 Å². The fourth-order valence-electron chi connectivity index (χ4n) is 4.32. The summed E-state index contributed by atoms with van der Waals surface area (Å²) in [5, 5.41) is 8.48. The molecule has 0 aromatic heterocycles. The van der Waals surface area contributed by atoms with Crippen LogP contribution in [0.1, 0.15) is 6.92 Å². The van der Waals surface area contributed by atoms with Crippen molar-refractivity contribution in [1.29, 1.82) is 0 Å². The molecule has 122 valence electrons. The van der Waals surface area contributed by atoms with Crippen molar-refractivity contribution in [3.63, 3.8) is 0 Å². The summed E-state index contributed by atoms with van der Waals surface area (Å²) < 4.78 is 0. The molecule has 4 fully saturated rings. The molecular weight excluding hydrogens is 306 g/mol. The number of piperidine rings is 2. The molecule has 0 aliphatic carbocycles. The average molecular weight is 329 g/mol. The van der Waals surface area contributed by atoms with Crippen molar-refractivity contribution in [3.8, 4) is 0 Å². The van der Waals surface area contributed by atoms with Crippen molar-refractivity contribution < 1.29 is 0 Å². The zero-order chi connectivity index (χ0) is 15.9. The van der Waals surface area contributed by atoms with Crippen LogP contribution in [0.25, 0.3) is 0 Å². The number of hydrogen-bond acceptors (Lipinski definition) is 4. The lowest BCUT2D eigenvalue weighted by Crippen LogP contribution is -2.60. The van der Waals surface area contributed by atoms with Crippen LogP contribution >= 0.6 is 12.2 Å². The number of hydrazone groups is 1. The molecule has 5 nitrogen and oxygen atoms in total. The first-order chi connectivity index (χ1) is 11.1. The lowest BCUT2D eigenvalue weighted by Gasteiger charge is -2.48. The van der Waals surface area contributed by atoms with Gasteiger partial charge in [0.25, 0.3) is 0 Å². The molecule has 5 rings (SSSR count). The number of benzene rings is 1. The van der Waals surface area contributed by atoms with Crippen LogP contribution in [0.4, 0.5) is 5.69 Å². The van der Waals surface area contributed by atoms with Gasteiger partial charge in [-0.15, -0.1) is 0 Å². The molecule has 23 heavy (non-hydrogen) atoms. The van der Waals surface area contributed by atoms with Crippen molar-refractivity contribution in [2.24, 2.45) is 16.4 Å². The van der Waals surface area contributed by atoms with Crippen molar-refractivity contribution in [2.75, 3.05) is 44.6 Å². The predicted octanol–water partition coefficient (Wildman–Crippen LogP) is 1.60. The molecule has 2 atom stereocenters. The third kappa shape index (κ3) is 2.98. The largest absolute Gasteiger partial charge is 0.331 e. The molecule has 1 aromatic carbocycles. The molecular formula is C17H23N5S. The second kappa shape index (κ2) is 5.85. The zero-order valence-corrected chi connectivity index (χ0v) is 14.3. The Bertz CT molecular complexity index is 613. The number of hydrogen-bond donors (Lipinski definition) is 2. The molecule has 6 heteroatoms. The van der Waals surface area contributed by atoms with E-state index in [1.165, 1.54) is 18.8 Å². The number of thiocarbonyl (C=S) groups is 1. The molecule has 4 saturated heterocycles. The van der Waals surface area contributed by atoms with Crippen LogP contribution in [0, 0.1) is 11.3 Å². The second-order valence-corrected chi connectivity index (χ2v) is 7.57. The van der Waals surface area contributed by atoms with E-state index < -0.39 is 0 Å². The SMILES string of the molecule is CC12CN3CCN(CC(C3)C1=NNC(=S)Nc1ccccc1)C2. The Morgan fingerprint density at radius 1 is 1.17 bits per heavy atom. The van der Waals surface area contributed by atoms with Crippen molar-refractivity contribution in [3.05, 3.63) is 30.3 Å². The normalized spacial score (nSPS) is 36.7. The molecule has 4 heterocycles. The van der Waals surface area contributed by atoms with Crippen LogP contribution in [0.3, 0.4) is 0 Å². The third-order valence-corrected chi connectivity index (χ3v) is 5.34. The monoisotopic (exact) mass is 329 g/mol. The second-order valence-electron chi connectivity index (χ2n) is 7.16. The van der Waals surface area contributed by atoms with E-state index in [1.807, 2.05) is 30.3 Å². The average Bonchev–Trinajstić information content (AvgIpc) is 2.74. The van der Waals surface area contributed by atoms with Crippen LogP contribution in [0.2, 0.25) is 0 Å². The first kappa shape index (κ1) is 15.1. The molecule has 2 N–H and O–H groups in total.